The lowest BCUT2D eigenvalue weighted by atomic mass is 10.0. The van der Waals surface area contributed by atoms with Gasteiger partial charge in [-0.05, 0) is 36.6 Å². The number of H-pyrrole nitrogens is 1. The second-order valence-corrected chi connectivity index (χ2v) is 6.92. The zero-order valence-corrected chi connectivity index (χ0v) is 15.0. The molecule has 3 aromatic rings. The number of anilines is 1. The zero-order valence-electron chi connectivity index (χ0n) is 14.3. The highest BCUT2D eigenvalue weighted by atomic mass is 35.5. The summed E-state index contributed by atoms with van der Waals surface area (Å²) in [7, 11) is 0. The van der Waals surface area contributed by atoms with Gasteiger partial charge < -0.3 is 15.2 Å². The molecule has 4 rings (SSSR count). The molecule has 0 spiro atoms. The van der Waals surface area contributed by atoms with Gasteiger partial charge in [-0.25, -0.2) is 4.98 Å². The molecular formula is C19H20ClN5O. The van der Waals surface area contributed by atoms with Crippen LogP contribution in [0.1, 0.15) is 18.4 Å². The molecular weight excluding hydrogens is 350 g/mol. The van der Waals surface area contributed by atoms with E-state index in [1.807, 2.05) is 24.3 Å². The van der Waals surface area contributed by atoms with Crippen LogP contribution >= 0.6 is 11.6 Å². The summed E-state index contributed by atoms with van der Waals surface area (Å²) in [6.07, 6.45) is 7.06. The predicted molar refractivity (Wildman–Crippen MR) is 104 cm³/mol. The normalized spacial score (nSPS) is 17.6. The number of rotatable bonds is 4. The highest BCUT2D eigenvalue weighted by Gasteiger charge is 2.22. The monoisotopic (exact) mass is 369 g/mol. The molecule has 26 heavy (non-hydrogen) atoms. The zero-order chi connectivity index (χ0) is 17.9. The molecule has 1 aliphatic heterocycles. The summed E-state index contributed by atoms with van der Waals surface area (Å²) < 4.78 is 0. The van der Waals surface area contributed by atoms with Gasteiger partial charge in [-0.2, -0.15) is 0 Å². The third-order valence-corrected chi connectivity index (χ3v) is 5.12. The van der Waals surface area contributed by atoms with Crippen molar-refractivity contribution in [2.75, 3.05) is 18.0 Å². The Morgan fingerprint density at radius 1 is 1.27 bits per heavy atom. The molecule has 0 aliphatic carbocycles. The smallest absolute Gasteiger partial charge is 0.290 e. The Balaban J connectivity index is 1.48. The van der Waals surface area contributed by atoms with Crippen molar-refractivity contribution < 1.29 is 0 Å². The predicted octanol–water partition coefficient (Wildman–Crippen LogP) is 2.73. The van der Waals surface area contributed by atoms with E-state index in [1.165, 1.54) is 0 Å². The van der Waals surface area contributed by atoms with Crippen LogP contribution in [0, 0.1) is 0 Å². The molecule has 134 valence electrons. The molecule has 0 amide bonds. The summed E-state index contributed by atoms with van der Waals surface area (Å²) in [5.74, 6) is 0.498. The number of pyridine rings is 1. The number of hydrogen-bond donors (Lipinski definition) is 2. The van der Waals surface area contributed by atoms with Crippen LogP contribution in [0.2, 0.25) is 5.02 Å². The number of halogens is 1. The van der Waals surface area contributed by atoms with Gasteiger partial charge in [0.1, 0.15) is 0 Å². The largest absolute Gasteiger partial charge is 0.350 e. The summed E-state index contributed by atoms with van der Waals surface area (Å²) in [6.45, 7) is 2.32. The van der Waals surface area contributed by atoms with Gasteiger partial charge in [0.25, 0.3) is 5.56 Å². The molecule has 1 aromatic carbocycles. The van der Waals surface area contributed by atoms with E-state index in [0.717, 1.165) is 47.4 Å². The first-order valence-electron chi connectivity index (χ1n) is 8.76. The van der Waals surface area contributed by atoms with Crippen LogP contribution < -0.4 is 15.8 Å². The van der Waals surface area contributed by atoms with Crippen molar-refractivity contribution in [3.8, 4) is 0 Å². The van der Waals surface area contributed by atoms with Gasteiger partial charge in [0.15, 0.2) is 5.82 Å². The number of benzene rings is 1. The van der Waals surface area contributed by atoms with Crippen molar-refractivity contribution in [3.05, 3.63) is 63.8 Å². The summed E-state index contributed by atoms with van der Waals surface area (Å²) in [5.41, 5.74) is 1.92. The van der Waals surface area contributed by atoms with E-state index in [1.54, 1.807) is 18.6 Å². The molecule has 2 N–H and O–H groups in total. The lowest BCUT2D eigenvalue weighted by molar-refractivity contribution is 0.420. The van der Waals surface area contributed by atoms with E-state index in [2.05, 4.69) is 25.2 Å². The van der Waals surface area contributed by atoms with Crippen LogP contribution in [-0.2, 0) is 6.54 Å². The minimum absolute atomic E-state index is 0.138. The maximum atomic E-state index is 12.0. The van der Waals surface area contributed by atoms with Crippen molar-refractivity contribution in [1.82, 2.24) is 20.3 Å². The third-order valence-electron chi connectivity index (χ3n) is 4.79. The Morgan fingerprint density at radius 2 is 2.19 bits per heavy atom. The maximum Gasteiger partial charge on any atom is 0.290 e. The number of aromatic nitrogens is 3. The number of nitrogens with one attached hydrogen (secondary N) is 2. The average molecular weight is 370 g/mol. The number of piperidine rings is 1. The van der Waals surface area contributed by atoms with E-state index >= 15 is 0 Å². The van der Waals surface area contributed by atoms with E-state index < -0.39 is 0 Å². The van der Waals surface area contributed by atoms with E-state index in [0.29, 0.717) is 18.4 Å². The summed E-state index contributed by atoms with van der Waals surface area (Å²) in [6, 6.07) is 8.12. The van der Waals surface area contributed by atoms with E-state index in [9.17, 15) is 4.79 Å². The van der Waals surface area contributed by atoms with Gasteiger partial charge in [-0.1, -0.05) is 17.7 Å². The van der Waals surface area contributed by atoms with Crippen LogP contribution in [0.3, 0.4) is 0 Å². The van der Waals surface area contributed by atoms with Crippen molar-refractivity contribution in [3.63, 3.8) is 0 Å². The van der Waals surface area contributed by atoms with Gasteiger partial charge >= 0.3 is 0 Å². The molecule has 2 aromatic heterocycles. The van der Waals surface area contributed by atoms with Crippen molar-refractivity contribution in [2.45, 2.75) is 25.4 Å². The summed E-state index contributed by atoms with van der Waals surface area (Å²) in [5, 5.41) is 5.29. The fourth-order valence-electron chi connectivity index (χ4n) is 3.50. The van der Waals surface area contributed by atoms with Gasteiger partial charge in [0.05, 0.1) is 5.52 Å². The van der Waals surface area contributed by atoms with Crippen molar-refractivity contribution in [2.24, 2.45) is 0 Å². The number of nitrogens with zero attached hydrogens (tertiary/aromatic N) is 3. The molecule has 6 nitrogen and oxygen atoms in total. The molecule has 1 saturated heterocycles. The second kappa shape index (κ2) is 7.43. The number of hydrogen-bond acceptors (Lipinski definition) is 5. The fraction of sp³-hybridized carbons (Fsp3) is 0.316. The van der Waals surface area contributed by atoms with Gasteiger partial charge in [-0.15, -0.1) is 0 Å². The summed E-state index contributed by atoms with van der Waals surface area (Å²) in [4.78, 5) is 25.5. The van der Waals surface area contributed by atoms with Crippen molar-refractivity contribution in [1.29, 1.82) is 0 Å². The maximum absolute atomic E-state index is 12.0. The Labute approximate surface area is 156 Å². The Kier molecular flexibility index (Phi) is 4.86. The molecule has 1 atom stereocenters. The second-order valence-electron chi connectivity index (χ2n) is 6.51. The summed E-state index contributed by atoms with van der Waals surface area (Å²) >= 11 is 6.27. The molecule has 1 aliphatic rings. The molecule has 0 saturated carbocycles. The molecule has 0 radical (unpaired) electrons. The topological polar surface area (TPSA) is 73.9 Å². The molecule has 3 heterocycles. The van der Waals surface area contributed by atoms with Crippen LogP contribution in [0.5, 0.6) is 0 Å². The number of fused-ring (bicyclic) bond motifs is 1. The van der Waals surface area contributed by atoms with Gasteiger partial charge in [-0.3, -0.25) is 9.78 Å². The molecule has 1 fully saturated rings. The molecule has 1 unspecified atom stereocenters. The Bertz CT molecular complexity index is 973. The quantitative estimate of drug-likeness (QED) is 0.739. The van der Waals surface area contributed by atoms with Crippen LogP contribution in [0.4, 0.5) is 5.82 Å². The van der Waals surface area contributed by atoms with E-state index in [4.69, 9.17) is 11.6 Å². The minimum atomic E-state index is -0.138. The number of aromatic amines is 1. The van der Waals surface area contributed by atoms with Crippen LogP contribution in [0.15, 0.2) is 47.7 Å². The molecule has 7 heteroatoms. The molecule has 0 bridgehead atoms. The van der Waals surface area contributed by atoms with Crippen LogP contribution in [0.25, 0.3) is 10.9 Å². The van der Waals surface area contributed by atoms with E-state index in [-0.39, 0.29) is 5.56 Å². The third kappa shape index (κ3) is 3.43. The van der Waals surface area contributed by atoms with Crippen LogP contribution in [-0.4, -0.2) is 34.1 Å². The standard InChI is InChI=1S/C19H20ClN5O/c20-16-6-5-13(17-15(16)4-1-7-21-17)11-24-14-3-2-10-25(12-14)18-19(26)23-9-8-22-18/h1,4-9,14,24H,2-3,10-12H2,(H,23,26). The Hall–Kier alpha value is -2.44. The average Bonchev–Trinajstić information content (AvgIpc) is 2.68. The highest BCUT2D eigenvalue weighted by molar-refractivity contribution is 6.35. The fourth-order valence-corrected chi connectivity index (χ4v) is 3.71. The first kappa shape index (κ1) is 17.0. The van der Waals surface area contributed by atoms with Gasteiger partial charge in [0.2, 0.25) is 0 Å². The highest BCUT2D eigenvalue weighted by Crippen LogP contribution is 2.25. The lowest BCUT2D eigenvalue weighted by Gasteiger charge is -2.33. The SMILES string of the molecule is O=c1[nH]ccnc1N1CCCC(NCc2ccc(Cl)c3cccnc23)C1. The Morgan fingerprint density at radius 3 is 3.08 bits per heavy atom. The first-order valence-corrected chi connectivity index (χ1v) is 9.14. The minimum Gasteiger partial charge on any atom is -0.350 e. The lowest BCUT2D eigenvalue weighted by Crippen LogP contribution is -2.47. The van der Waals surface area contributed by atoms with Crippen molar-refractivity contribution >= 4 is 28.3 Å². The van der Waals surface area contributed by atoms with Gasteiger partial charge in [0, 0.05) is 54.7 Å². The first-order chi connectivity index (χ1) is 12.7.